The van der Waals surface area contributed by atoms with Crippen LogP contribution >= 0.6 is 0 Å². The number of carbonyl (C=O) groups excluding carboxylic acids is 1. The number of nitrogens with one attached hydrogen (secondary N) is 1. The number of alkyl halides is 2. The van der Waals surface area contributed by atoms with Gasteiger partial charge in [-0.15, -0.1) is 0 Å². The standard InChI is InChI=1S/C14H8F5NO2/c15-8-3-7(4-9(16)5-8)13(21)20-10-1-2-12(11(17)6-10)22-14(18)19/h1-6,14H,(H,20,21). The SMILES string of the molecule is O=C(Nc1ccc(OC(F)F)c(F)c1)c1cc(F)cc(F)c1. The Labute approximate surface area is 121 Å². The van der Waals surface area contributed by atoms with Crippen LogP contribution in [0.4, 0.5) is 27.6 Å². The zero-order valence-corrected chi connectivity index (χ0v) is 10.7. The van der Waals surface area contributed by atoms with E-state index in [2.05, 4.69) is 10.1 Å². The molecule has 0 aliphatic carbocycles. The van der Waals surface area contributed by atoms with Gasteiger partial charge in [0.1, 0.15) is 11.6 Å². The van der Waals surface area contributed by atoms with Crippen molar-refractivity contribution in [2.75, 3.05) is 5.32 Å². The molecule has 0 saturated heterocycles. The fourth-order valence-corrected chi connectivity index (χ4v) is 1.66. The molecule has 8 heteroatoms. The topological polar surface area (TPSA) is 38.3 Å². The van der Waals surface area contributed by atoms with Gasteiger partial charge in [0, 0.05) is 23.4 Å². The maximum atomic E-state index is 13.5. The smallest absolute Gasteiger partial charge is 0.387 e. The first-order chi connectivity index (χ1) is 10.3. The van der Waals surface area contributed by atoms with Crippen LogP contribution in [0.25, 0.3) is 0 Å². The summed E-state index contributed by atoms with van der Waals surface area (Å²) in [6.45, 7) is -3.19. The van der Waals surface area contributed by atoms with Crippen molar-refractivity contribution in [1.29, 1.82) is 0 Å². The lowest BCUT2D eigenvalue weighted by atomic mass is 10.2. The van der Waals surface area contributed by atoms with Crippen LogP contribution in [0.1, 0.15) is 10.4 Å². The molecule has 0 atom stereocenters. The van der Waals surface area contributed by atoms with Crippen LogP contribution in [0.15, 0.2) is 36.4 Å². The average Bonchev–Trinajstić information content (AvgIpc) is 2.40. The van der Waals surface area contributed by atoms with Crippen LogP contribution in [0.2, 0.25) is 0 Å². The molecule has 0 unspecified atom stereocenters. The molecule has 0 spiro atoms. The van der Waals surface area contributed by atoms with E-state index in [0.717, 1.165) is 30.3 Å². The van der Waals surface area contributed by atoms with E-state index in [1.165, 1.54) is 0 Å². The predicted molar refractivity (Wildman–Crippen MR) is 67.3 cm³/mol. The van der Waals surface area contributed by atoms with Crippen molar-refractivity contribution in [1.82, 2.24) is 0 Å². The number of rotatable bonds is 4. The lowest BCUT2D eigenvalue weighted by Gasteiger charge is -2.09. The lowest BCUT2D eigenvalue weighted by molar-refractivity contribution is -0.0521. The zero-order chi connectivity index (χ0) is 16.3. The molecule has 0 fully saturated rings. The highest BCUT2D eigenvalue weighted by Crippen LogP contribution is 2.23. The molecule has 0 radical (unpaired) electrons. The van der Waals surface area contributed by atoms with Crippen molar-refractivity contribution in [2.24, 2.45) is 0 Å². The summed E-state index contributed by atoms with van der Waals surface area (Å²) in [5.41, 5.74) is -0.403. The molecular formula is C14H8F5NO2. The summed E-state index contributed by atoms with van der Waals surface area (Å²) in [6.07, 6.45) is 0. The van der Waals surface area contributed by atoms with Gasteiger partial charge in [0.2, 0.25) is 0 Å². The highest BCUT2D eigenvalue weighted by Gasteiger charge is 2.13. The number of benzene rings is 2. The maximum Gasteiger partial charge on any atom is 0.387 e. The molecular weight excluding hydrogens is 309 g/mol. The van der Waals surface area contributed by atoms with E-state index >= 15 is 0 Å². The molecule has 0 saturated carbocycles. The van der Waals surface area contributed by atoms with E-state index in [1.54, 1.807) is 0 Å². The Morgan fingerprint density at radius 1 is 1.00 bits per heavy atom. The Morgan fingerprint density at radius 3 is 2.18 bits per heavy atom. The Balaban J connectivity index is 2.16. The van der Waals surface area contributed by atoms with Gasteiger partial charge in [0.05, 0.1) is 0 Å². The number of amides is 1. The van der Waals surface area contributed by atoms with Gasteiger partial charge in [0.25, 0.3) is 5.91 Å². The molecule has 2 aromatic rings. The van der Waals surface area contributed by atoms with Crippen LogP contribution < -0.4 is 10.1 Å². The number of anilines is 1. The number of hydrogen-bond donors (Lipinski definition) is 1. The van der Waals surface area contributed by atoms with Gasteiger partial charge in [-0.05, 0) is 24.3 Å². The summed E-state index contributed by atoms with van der Waals surface area (Å²) < 4.78 is 67.3. The minimum atomic E-state index is -3.19. The number of carbonyl (C=O) groups is 1. The van der Waals surface area contributed by atoms with Crippen LogP contribution in [-0.2, 0) is 0 Å². The fraction of sp³-hybridized carbons (Fsp3) is 0.0714. The molecule has 22 heavy (non-hydrogen) atoms. The minimum Gasteiger partial charge on any atom is -0.432 e. The summed E-state index contributed by atoms with van der Waals surface area (Å²) >= 11 is 0. The summed E-state index contributed by atoms with van der Waals surface area (Å²) in [6, 6.07) is 4.92. The van der Waals surface area contributed by atoms with E-state index in [9.17, 15) is 26.7 Å². The fourth-order valence-electron chi connectivity index (χ4n) is 1.66. The van der Waals surface area contributed by atoms with Gasteiger partial charge in [-0.25, -0.2) is 13.2 Å². The van der Waals surface area contributed by atoms with Crippen molar-refractivity contribution in [3.8, 4) is 5.75 Å². The largest absolute Gasteiger partial charge is 0.432 e. The van der Waals surface area contributed by atoms with Crippen molar-refractivity contribution < 1.29 is 31.5 Å². The second kappa shape index (κ2) is 6.42. The highest BCUT2D eigenvalue weighted by molar-refractivity contribution is 6.04. The van der Waals surface area contributed by atoms with E-state index in [-0.39, 0.29) is 11.3 Å². The summed E-state index contributed by atoms with van der Waals surface area (Å²) in [5.74, 6) is -4.59. The van der Waals surface area contributed by atoms with Crippen LogP contribution in [-0.4, -0.2) is 12.5 Å². The first kappa shape index (κ1) is 15.7. The van der Waals surface area contributed by atoms with Crippen molar-refractivity contribution in [3.05, 3.63) is 59.4 Å². The third-order valence-electron chi connectivity index (χ3n) is 2.53. The Kier molecular flexibility index (Phi) is 4.59. The summed E-state index contributed by atoms with van der Waals surface area (Å²) in [7, 11) is 0. The zero-order valence-electron chi connectivity index (χ0n) is 10.7. The molecule has 2 aromatic carbocycles. The monoisotopic (exact) mass is 317 g/mol. The van der Waals surface area contributed by atoms with Crippen molar-refractivity contribution in [2.45, 2.75) is 6.61 Å². The lowest BCUT2D eigenvalue weighted by Crippen LogP contribution is -2.13. The first-order valence-electron chi connectivity index (χ1n) is 5.87. The summed E-state index contributed by atoms with van der Waals surface area (Å²) in [5, 5.41) is 2.18. The number of ether oxygens (including phenoxy) is 1. The quantitative estimate of drug-likeness (QED) is 0.867. The van der Waals surface area contributed by atoms with Crippen molar-refractivity contribution >= 4 is 11.6 Å². The van der Waals surface area contributed by atoms with E-state index in [0.29, 0.717) is 6.07 Å². The van der Waals surface area contributed by atoms with Crippen molar-refractivity contribution in [3.63, 3.8) is 0 Å². The number of halogens is 5. The van der Waals surface area contributed by atoms with Crippen LogP contribution in [0, 0.1) is 17.5 Å². The van der Waals surface area contributed by atoms with Gasteiger partial charge >= 0.3 is 6.61 Å². The molecule has 0 heterocycles. The normalized spacial score (nSPS) is 10.6. The van der Waals surface area contributed by atoms with E-state index < -0.39 is 35.7 Å². The third kappa shape index (κ3) is 3.94. The minimum absolute atomic E-state index is 0.0891. The van der Waals surface area contributed by atoms with Gasteiger partial charge < -0.3 is 10.1 Å². The average molecular weight is 317 g/mol. The first-order valence-corrected chi connectivity index (χ1v) is 5.87. The van der Waals surface area contributed by atoms with Gasteiger partial charge in [0.15, 0.2) is 11.6 Å². The molecule has 3 nitrogen and oxygen atoms in total. The molecule has 1 N–H and O–H groups in total. The molecule has 0 aromatic heterocycles. The molecule has 2 rings (SSSR count). The second-order valence-electron chi connectivity index (χ2n) is 4.14. The van der Waals surface area contributed by atoms with Gasteiger partial charge in [-0.1, -0.05) is 0 Å². The van der Waals surface area contributed by atoms with Crippen LogP contribution in [0.3, 0.4) is 0 Å². The third-order valence-corrected chi connectivity index (χ3v) is 2.53. The molecule has 116 valence electrons. The molecule has 1 amide bonds. The Bertz CT molecular complexity index is 685. The Hall–Kier alpha value is -2.64. The molecule has 0 bridgehead atoms. The molecule has 0 aliphatic rings. The van der Waals surface area contributed by atoms with Crippen LogP contribution in [0.5, 0.6) is 5.75 Å². The second-order valence-corrected chi connectivity index (χ2v) is 4.14. The predicted octanol–water partition coefficient (Wildman–Crippen LogP) is 3.96. The maximum absolute atomic E-state index is 13.5. The summed E-state index contributed by atoms with van der Waals surface area (Å²) in [4.78, 5) is 11.8. The van der Waals surface area contributed by atoms with Gasteiger partial charge in [-0.3, -0.25) is 4.79 Å². The van der Waals surface area contributed by atoms with Gasteiger partial charge in [-0.2, -0.15) is 8.78 Å². The highest BCUT2D eigenvalue weighted by atomic mass is 19.3. The number of hydrogen-bond acceptors (Lipinski definition) is 2. The molecule has 0 aliphatic heterocycles. The Morgan fingerprint density at radius 2 is 1.64 bits per heavy atom. The van der Waals surface area contributed by atoms with E-state index in [4.69, 9.17) is 0 Å². The van der Waals surface area contributed by atoms with E-state index in [1.807, 2.05) is 0 Å².